The first-order chi connectivity index (χ1) is 8.15. The van der Waals surface area contributed by atoms with E-state index in [9.17, 15) is 32.5 Å². The molecule has 1 aromatic rings. The van der Waals surface area contributed by atoms with E-state index in [0.717, 1.165) is 0 Å². The third-order valence-corrected chi connectivity index (χ3v) is 2.00. The zero-order chi connectivity index (χ0) is 14.1. The van der Waals surface area contributed by atoms with Gasteiger partial charge >= 0.3 is 5.97 Å². The summed E-state index contributed by atoms with van der Waals surface area (Å²) < 4.78 is 52.3. The Hall–Kier alpha value is -2.19. The SMILES string of the molecule is O=C(O)CC(F)(F)c1cc(F)c(F)cc1[N+](=O)[O-]. The second-order valence-corrected chi connectivity index (χ2v) is 3.32. The van der Waals surface area contributed by atoms with Crippen LogP contribution in [0.1, 0.15) is 12.0 Å². The number of nitro groups is 1. The highest BCUT2D eigenvalue weighted by Crippen LogP contribution is 2.38. The molecule has 0 aromatic heterocycles. The van der Waals surface area contributed by atoms with E-state index >= 15 is 0 Å². The molecule has 98 valence electrons. The van der Waals surface area contributed by atoms with E-state index in [2.05, 4.69) is 0 Å². The van der Waals surface area contributed by atoms with Gasteiger partial charge < -0.3 is 5.11 Å². The Kier molecular flexibility index (Phi) is 3.54. The van der Waals surface area contributed by atoms with Crippen molar-refractivity contribution in [3.05, 3.63) is 39.4 Å². The summed E-state index contributed by atoms with van der Waals surface area (Å²) in [5, 5.41) is 18.7. The number of nitrogens with zero attached hydrogens (tertiary/aromatic N) is 1. The van der Waals surface area contributed by atoms with E-state index < -0.39 is 46.1 Å². The molecule has 0 fully saturated rings. The Morgan fingerprint density at radius 1 is 1.33 bits per heavy atom. The minimum Gasteiger partial charge on any atom is -0.481 e. The molecule has 0 aliphatic carbocycles. The minimum absolute atomic E-state index is 0.0135. The van der Waals surface area contributed by atoms with Crippen molar-refractivity contribution in [1.82, 2.24) is 0 Å². The average Bonchev–Trinajstić information content (AvgIpc) is 2.18. The molecule has 0 aliphatic heterocycles. The number of halogens is 4. The van der Waals surface area contributed by atoms with Gasteiger partial charge in [0.25, 0.3) is 11.6 Å². The van der Waals surface area contributed by atoms with Crippen molar-refractivity contribution in [2.75, 3.05) is 0 Å². The lowest BCUT2D eigenvalue weighted by molar-refractivity contribution is -0.387. The number of carbonyl (C=O) groups is 1. The predicted octanol–water partition coefficient (Wildman–Crippen LogP) is 2.44. The zero-order valence-electron chi connectivity index (χ0n) is 8.49. The monoisotopic (exact) mass is 267 g/mol. The van der Waals surface area contributed by atoms with Gasteiger partial charge in [0.15, 0.2) is 11.6 Å². The van der Waals surface area contributed by atoms with Crippen LogP contribution in [-0.2, 0) is 10.7 Å². The quantitative estimate of drug-likeness (QED) is 0.516. The van der Waals surface area contributed by atoms with Crippen molar-refractivity contribution in [1.29, 1.82) is 0 Å². The van der Waals surface area contributed by atoms with E-state index in [1.54, 1.807) is 0 Å². The molecular weight excluding hydrogens is 262 g/mol. The van der Waals surface area contributed by atoms with Crippen LogP contribution < -0.4 is 0 Å². The largest absolute Gasteiger partial charge is 0.481 e. The summed E-state index contributed by atoms with van der Waals surface area (Å²) in [7, 11) is 0. The van der Waals surface area contributed by atoms with E-state index in [0.29, 0.717) is 0 Å². The van der Waals surface area contributed by atoms with Crippen LogP contribution in [0.3, 0.4) is 0 Å². The molecular formula is C9H5F4NO4. The van der Waals surface area contributed by atoms with Crippen LogP contribution in [0.5, 0.6) is 0 Å². The summed E-state index contributed by atoms with van der Waals surface area (Å²) in [5.41, 5.74) is -2.85. The van der Waals surface area contributed by atoms with Gasteiger partial charge in [0.05, 0.1) is 11.0 Å². The number of carboxylic acids is 1. The molecule has 0 unspecified atom stereocenters. The van der Waals surface area contributed by atoms with Gasteiger partial charge in [-0.3, -0.25) is 14.9 Å². The molecule has 1 rings (SSSR count). The lowest BCUT2D eigenvalue weighted by atomic mass is 10.0. The molecule has 5 nitrogen and oxygen atoms in total. The van der Waals surface area contributed by atoms with E-state index in [1.807, 2.05) is 0 Å². The smallest absolute Gasteiger partial charge is 0.309 e. The van der Waals surface area contributed by atoms with Gasteiger partial charge in [0, 0.05) is 0 Å². The number of carboxylic acid groups (broad SMARTS) is 1. The molecule has 0 radical (unpaired) electrons. The normalized spacial score (nSPS) is 11.3. The second-order valence-electron chi connectivity index (χ2n) is 3.32. The highest BCUT2D eigenvalue weighted by molar-refractivity contribution is 5.68. The Bertz CT molecular complexity index is 518. The molecule has 0 aliphatic rings. The molecule has 0 atom stereocenters. The van der Waals surface area contributed by atoms with Gasteiger partial charge in [-0.1, -0.05) is 0 Å². The standard InChI is InChI=1S/C9H5F4NO4/c10-5-1-4(9(12,13)3-8(15)16)7(14(17)18)2-6(5)11/h1-2H,3H2,(H,15,16). The van der Waals surface area contributed by atoms with Crippen molar-refractivity contribution in [2.45, 2.75) is 12.3 Å². The summed E-state index contributed by atoms with van der Waals surface area (Å²) in [5.74, 6) is -9.50. The second kappa shape index (κ2) is 4.59. The molecule has 0 saturated heterocycles. The zero-order valence-corrected chi connectivity index (χ0v) is 8.49. The predicted molar refractivity (Wildman–Crippen MR) is 49.2 cm³/mol. The van der Waals surface area contributed by atoms with Crippen LogP contribution in [0.4, 0.5) is 23.2 Å². The molecule has 1 aromatic carbocycles. The lowest BCUT2D eigenvalue weighted by Gasteiger charge is -2.14. The first-order valence-corrected chi connectivity index (χ1v) is 4.38. The van der Waals surface area contributed by atoms with Crippen LogP contribution in [-0.4, -0.2) is 16.0 Å². The van der Waals surface area contributed by atoms with Crippen molar-refractivity contribution in [2.24, 2.45) is 0 Å². The number of benzene rings is 1. The van der Waals surface area contributed by atoms with Gasteiger partial charge in [-0.2, -0.15) is 0 Å². The highest BCUT2D eigenvalue weighted by atomic mass is 19.3. The van der Waals surface area contributed by atoms with Crippen molar-refractivity contribution < 1.29 is 32.4 Å². The maximum absolute atomic E-state index is 13.4. The van der Waals surface area contributed by atoms with E-state index in [-0.39, 0.29) is 12.1 Å². The summed E-state index contributed by atoms with van der Waals surface area (Å²) in [6.07, 6.45) is -1.76. The fourth-order valence-electron chi connectivity index (χ4n) is 1.27. The summed E-state index contributed by atoms with van der Waals surface area (Å²) in [6.45, 7) is 0. The van der Waals surface area contributed by atoms with Gasteiger partial charge in [0.1, 0.15) is 12.0 Å². The molecule has 0 spiro atoms. The number of nitro benzene ring substituents is 1. The van der Waals surface area contributed by atoms with E-state index in [4.69, 9.17) is 5.11 Å². The lowest BCUT2D eigenvalue weighted by Crippen LogP contribution is -2.20. The minimum atomic E-state index is -4.18. The number of hydrogen-bond donors (Lipinski definition) is 1. The molecule has 0 amide bonds. The number of alkyl halides is 2. The van der Waals surface area contributed by atoms with Crippen LogP contribution in [0.2, 0.25) is 0 Å². The fraction of sp³-hybridized carbons (Fsp3) is 0.222. The van der Waals surface area contributed by atoms with Gasteiger partial charge in [-0.05, 0) is 6.07 Å². The molecule has 1 N–H and O–H groups in total. The Balaban J connectivity index is 3.42. The van der Waals surface area contributed by atoms with Gasteiger partial charge in [0.2, 0.25) is 0 Å². The summed E-state index contributed by atoms with van der Waals surface area (Å²) in [6, 6.07) is -0.0865. The number of rotatable bonds is 4. The average molecular weight is 267 g/mol. The third kappa shape index (κ3) is 2.73. The maximum Gasteiger partial charge on any atom is 0.309 e. The molecule has 0 saturated carbocycles. The first kappa shape index (κ1) is 13.9. The van der Waals surface area contributed by atoms with Crippen LogP contribution >= 0.6 is 0 Å². The number of hydrogen-bond acceptors (Lipinski definition) is 3. The Labute approximate surface area is 96.8 Å². The Morgan fingerprint density at radius 3 is 2.28 bits per heavy atom. The van der Waals surface area contributed by atoms with Crippen LogP contribution in [0, 0.1) is 21.7 Å². The van der Waals surface area contributed by atoms with Crippen molar-refractivity contribution >= 4 is 11.7 Å². The van der Waals surface area contributed by atoms with Crippen LogP contribution in [0.15, 0.2) is 12.1 Å². The van der Waals surface area contributed by atoms with Crippen molar-refractivity contribution in [3.63, 3.8) is 0 Å². The maximum atomic E-state index is 13.4. The molecule has 18 heavy (non-hydrogen) atoms. The highest BCUT2D eigenvalue weighted by Gasteiger charge is 2.41. The van der Waals surface area contributed by atoms with E-state index in [1.165, 1.54) is 0 Å². The summed E-state index contributed by atoms with van der Waals surface area (Å²) >= 11 is 0. The van der Waals surface area contributed by atoms with Crippen molar-refractivity contribution in [3.8, 4) is 0 Å². The molecule has 0 bridgehead atoms. The van der Waals surface area contributed by atoms with Crippen LogP contribution in [0.25, 0.3) is 0 Å². The Morgan fingerprint density at radius 2 is 1.83 bits per heavy atom. The third-order valence-electron chi connectivity index (χ3n) is 2.00. The fourth-order valence-corrected chi connectivity index (χ4v) is 1.27. The molecule has 9 heteroatoms. The van der Waals surface area contributed by atoms with Gasteiger partial charge in [-0.15, -0.1) is 0 Å². The molecule has 0 heterocycles. The van der Waals surface area contributed by atoms with Gasteiger partial charge in [-0.25, -0.2) is 17.6 Å². The number of aliphatic carboxylic acids is 1. The first-order valence-electron chi connectivity index (χ1n) is 4.38. The topological polar surface area (TPSA) is 80.4 Å². The summed E-state index contributed by atoms with van der Waals surface area (Å²) in [4.78, 5) is 19.3.